The van der Waals surface area contributed by atoms with Gasteiger partial charge in [-0.15, -0.1) is 0 Å². The number of furan rings is 1. The van der Waals surface area contributed by atoms with E-state index in [1.54, 1.807) is 12.5 Å². The van der Waals surface area contributed by atoms with Gasteiger partial charge in [0, 0.05) is 6.20 Å². The standard InChI is InChI=1S/C14H13N3O3S/c1-9-5-11-13(15-6-9)17(7-10-3-2-4-20-10)14(16-11)21-8-12(18)19/h2-6H,7-8H2,1H3,(H,18,19). The van der Waals surface area contributed by atoms with Gasteiger partial charge in [0.1, 0.15) is 11.3 Å². The highest BCUT2D eigenvalue weighted by Crippen LogP contribution is 2.24. The first-order chi connectivity index (χ1) is 10.1. The van der Waals surface area contributed by atoms with E-state index in [0.717, 1.165) is 22.5 Å². The third kappa shape index (κ3) is 2.92. The number of hydrogen-bond acceptors (Lipinski definition) is 5. The summed E-state index contributed by atoms with van der Waals surface area (Å²) < 4.78 is 7.23. The fourth-order valence-electron chi connectivity index (χ4n) is 2.03. The van der Waals surface area contributed by atoms with Crippen molar-refractivity contribution < 1.29 is 14.3 Å². The van der Waals surface area contributed by atoms with Crippen molar-refractivity contribution in [2.24, 2.45) is 0 Å². The lowest BCUT2D eigenvalue weighted by molar-refractivity contribution is -0.133. The summed E-state index contributed by atoms with van der Waals surface area (Å²) in [5.74, 6) is -0.143. The van der Waals surface area contributed by atoms with Crippen LogP contribution in [0.25, 0.3) is 11.2 Å². The number of aliphatic carboxylic acids is 1. The van der Waals surface area contributed by atoms with Crippen LogP contribution in [0.3, 0.4) is 0 Å². The number of aryl methyl sites for hydroxylation is 1. The Bertz CT molecular complexity index is 780. The number of carboxylic acids is 1. The minimum atomic E-state index is -0.874. The Morgan fingerprint density at radius 2 is 2.38 bits per heavy atom. The van der Waals surface area contributed by atoms with Crippen LogP contribution >= 0.6 is 11.8 Å². The largest absolute Gasteiger partial charge is 0.481 e. The molecule has 0 radical (unpaired) electrons. The number of thioether (sulfide) groups is 1. The average molecular weight is 303 g/mol. The van der Waals surface area contributed by atoms with Crippen LogP contribution in [0.5, 0.6) is 0 Å². The van der Waals surface area contributed by atoms with Crippen molar-refractivity contribution in [1.29, 1.82) is 0 Å². The van der Waals surface area contributed by atoms with Gasteiger partial charge < -0.3 is 9.52 Å². The minimum Gasteiger partial charge on any atom is -0.481 e. The summed E-state index contributed by atoms with van der Waals surface area (Å²) in [4.78, 5) is 19.7. The molecule has 0 aliphatic rings. The molecule has 0 aliphatic carbocycles. The number of carboxylic acid groups (broad SMARTS) is 1. The van der Waals surface area contributed by atoms with Crippen molar-refractivity contribution in [3.05, 3.63) is 42.0 Å². The molecule has 3 rings (SSSR count). The normalized spacial score (nSPS) is 11.1. The average Bonchev–Trinajstić information content (AvgIpc) is 3.05. The number of rotatable bonds is 5. The highest BCUT2D eigenvalue weighted by Gasteiger charge is 2.15. The molecule has 0 bridgehead atoms. The van der Waals surface area contributed by atoms with E-state index in [2.05, 4.69) is 9.97 Å². The highest BCUT2D eigenvalue weighted by atomic mass is 32.2. The lowest BCUT2D eigenvalue weighted by Crippen LogP contribution is -2.04. The molecule has 6 nitrogen and oxygen atoms in total. The van der Waals surface area contributed by atoms with E-state index in [0.29, 0.717) is 11.7 Å². The van der Waals surface area contributed by atoms with Crippen LogP contribution in [0.4, 0.5) is 0 Å². The molecule has 0 atom stereocenters. The van der Waals surface area contributed by atoms with E-state index in [1.807, 2.05) is 29.7 Å². The number of nitrogens with zero attached hydrogens (tertiary/aromatic N) is 3. The first-order valence-electron chi connectivity index (χ1n) is 6.33. The molecule has 7 heteroatoms. The van der Waals surface area contributed by atoms with Crippen LogP contribution in [0.2, 0.25) is 0 Å². The summed E-state index contributed by atoms with van der Waals surface area (Å²) >= 11 is 1.18. The Hall–Kier alpha value is -2.28. The predicted molar refractivity (Wildman–Crippen MR) is 78.4 cm³/mol. The van der Waals surface area contributed by atoms with Crippen LogP contribution in [0.15, 0.2) is 40.2 Å². The van der Waals surface area contributed by atoms with E-state index in [4.69, 9.17) is 9.52 Å². The number of aromatic nitrogens is 3. The van der Waals surface area contributed by atoms with Crippen LogP contribution in [-0.2, 0) is 11.3 Å². The maximum absolute atomic E-state index is 10.8. The Labute approximate surface area is 124 Å². The summed E-state index contributed by atoms with van der Waals surface area (Å²) in [6.07, 6.45) is 3.38. The van der Waals surface area contributed by atoms with Gasteiger partial charge in [-0.05, 0) is 30.7 Å². The molecule has 21 heavy (non-hydrogen) atoms. The van der Waals surface area contributed by atoms with E-state index in [-0.39, 0.29) is 5.75 Å². The highest BCUT2D eigenvalue weighted by molar-refractivity contribution is 7.99. The SMILES string of the molecule is Cc1cnc2c(c1)nc(SCC(=O)O)n2Cc1ccco1. The van der Waals surface area contributed by atoms with Gasteiger partial charge in [-0.3, -0.25) is 9.36 Å². The molecule has 0 saturated heterocycles. The van der Waals surface area contributed by atoms with Crippen molar-refractivity contribution in [2.45, 2.75) is 18.6 Å². The predicted octanol–water partition coefficient (Wildman–Crippen LogP) is 2.56. The number of hydrogen-bond donors (Lipinski definition) is 1. The summed E-state index contributed by atoms with van der Waals surface area (Å²) in [5, 5.41) is 9.48. The fraction of sp³-hybridized carbons (Fsp3) is 0.214. The van der Waals surface area contributed by atoms with Gasteiger partial charge in [-0.2, -0.15) is 0 Å². The van der Waals surface area contributed by atoms with Gasteiger partial charge in [0.05, 0.1) is 18.6 Å². The molecule has 0 spiro atoms. The molecule has 3 aromatic rings. The maximum Gasteiger partial charge on any atom is 0.313 e. The van der Waals surface area contributed by atoms with Crippen LogP contribution < -0.4 is 0 Å². The third-order valence-electron chi connectivity index (χ3n) is 2.91. The molecule has 0 saturated carbocycles. The molecule has 3 aromatic heterocycles. The van der Waals surface area contributed by atoms with Gasteiger partial charge in [0.2, 0.25) is 0 Å². The smallest absolute Gasteiger partial charge is 0.313 e. The maximum atomic E-state index is 10.8. The summed E-state index contributed by atoms with van der Waals surface area (Å²) in [6, 6.07) is 5.62. The molecule has 3 heterocycles. The van der Waals surface area contributed by atoms with Gasteiger partial charge in [-0.25, -0.2) is 9.97 Å². The molecule has 0 fully saturated rings. The topological polar surface area (TPSA) is 81.1 Å². The lowest BCUT2D eigenvalue weighted by Gasteiger charge is -2.05. The second-order valence-electron chi connectivity index (χ2n) is 4.60. The Morgan fingerprint density at radius 3 is 3.10 bits per heavy atom. The molecular weight excluding hydrogens is 290 g/mol. The summed E-state index contributed by atoms with van der Waals surface area (Å²) in [7, 11) is 0. The van der Waals surface area contributed by atoms with Crippen LogP contribution in [0.1, 0.15) is 11.3 Å². The zero-order valence-electron chi connectivity index (χ0n) is 11.3. The Morgan fingerprint density at radius 1 is 1.52 bits per heavy atom. The number of fused-ring (bicyclic) bond motifs is 1. The number of imidazole rings is 1. The summed E-state index contributed by atoms with van der Waals surface area (Å²) in [6.45, 7) is 2.42. The van der Waals surface area contributed by atoms with Crippen molar-refractivity contribution in [3.63, 3.8) is 0 Å². The van der Waals surface area contributed by atoms with E-state index in [1.165, 1.54) is 11.8 Å². The van der Waals surface area contributed by atoms with Gasteiger partial charge in [0.25, 0.3) is 0 Å². The molecule has 0 aliphatic heterocycles. The van der Waals surface area contributed by atoms with Crippen LogP contribution in [0, 0.1) is 6.92 Å². The molecule has 108 valence electrons. The minimum absolute atomic E-state index is 0.0412. The van der Waals surface area contributed by atoms with Crippen molar-refractivity contribution in [1.82, 2.24) is 14.5 Å². The van der Waals surface area contributed by atoms with E-state index < -0.39 is 5.97 Å². The molecule has 0 unspecified atom stereocenters. The quantitative estimate of drug-likeness (QED) is 0.730. The van der Waals surface area contributed by atoms with Crippen molar-refractivity contribution >= 4 is 28.9 Å². The number of pyridine rings is 1. The van der Waals surface area contributed by atoms with Gasteiger partial charge in [-0.1, -0.05) is 11.8 Å². The first kappa shape index (κ1) is 13.7. The third-order valence-corrected chi connectivity index (χ3v) is 3.87. The number of carbonyl (C=O) groups is 1. The molecule has 1 N–H and O–H groups in total. The van der Waals surface area contributed by atoms with Crippen molar-refractivity contribution in [2.75, 3.05) is 5.75 Å². The second-order valence-corrected chi connectivity index (χ2v) is 5.54. The molecule has 0 aromatic carbocycles. The van der Waals surface area contributed by atoms with E-state index >= 15 is 0 Å². The zero-order valence-corrected chi connectivity index (χ0v) is 12.1. The second kappa shape index (κ2) is 5.61. The van der Waals surface area contributed by atoms with Crippen LogP contribution in [-0.4, -0.2) is 31.4 Å². The van der Waals surface area contributed by atoms with Crippen molar-refractivity contribution in [3.8, 4) is 0 Å². The molecule has 0 amide bonds. The zero-order chi connectivity index (χ0) is 14.8. The summed E-state index contributed by atoms with van der Waals surface area (Å²) in [5.41, 5.74) is 2.50. The van der Waals surface area contributed by atoms with E-state index in [9.17, 15) is 4.79 Å². The van der Waals surface area contributed by atoms with Gasteiger partial charge in [0.15, 0.2) is 10.8 Å². The monoisotopic (exact) mass is 303 g/mol. The Kier molecular flexibility index (Phi) is 3.66. The van der Waals surface area contributed by atoms with Gasteiger partial charge >= 0.3 is 5.97 Å². The lowest BCUT2D eigenvalue weighted by atomic mass is 10.3. The molecular formula is C14H13N3O3S. The first-order valence-corrected chi connectivity index (χ1v) is 7.32. The fourth-order valence-corrected chi connectivity index (χ4v) is 2.75. The Balaban J connectivity index is 2.03.